The van der Waals surface area contributed by atoms with E-state index in [0.29, 0.717) is 18.7 Å². The molecule has 3 heterocycles. The first-order chi connectivity index (χ1) is 15.0. The number of hydrogen-bond acceptors (Lipinski definition) is 5. The van der Waals surface area contributed by atoms with Gasteiger partial charge in [0.1, 0.15) is 5.69 Å². The third-order valence-electron chi connectivity index (χ3n) is 5.64. The van der Waals surface area contributed by atoms with E-state index in [1.54, 1.807) is 23.0 Å². The molecule has 3 aromatic rings. The number of carbonyl (C=O) groups is 2. The number of hydrogen-bond donors (Lipinski definition) is 1. The number of piperidine rings is 1. The summed E-state index contributed by atoms with van der Waals surface area (Å²) in [7, 11) is 3.25. The van der Waals surface area contributed by atoms with Gasteiger partial charge in [-0.25, -0.2) is 4.68 Å². The first kappa shape index (κ1) is 20.5. The van der Waals surface area contributed by atoms with Gasteiger partial charge >= 0.3 is 0 Å². The molecule has 1 N–H and O–H groups in total. The van der Waals surface area contributed by atoms with E-state index < -0.39 is 0 Å². The highest BCUT2D eigenvalue weighted by molar-refractivity contribution is 6.06. The summed E-state index contributed by atoms with van der Waals surface area (Å²) in [5.41, 5.74) is 1.99. The van der Waals surface area contributed by atoms with Crippen molar-refractivity contribution < 1.29 is 9.59 Å². The Bertz CT molecular complexity index is 1150. The standard InChI is InChI=1S/C22H24N6O3/c1-26(16-8-4-3-5-9-16)21(30)17-13-23-24-20(17)15-7-6-12-28(14-15)22(31)18-10-11-19(29)27(2)25-18/h3-5,8-11,13,15H,6-7,12,14H2,1-2H3,(H,23,24)/t15-/m0/s1. The number of aromatic nitrogens is 4. The van der Waals surface area contributed by atoms with Gasteiger partial charge in [0.25, 0.3) is 17.4 Å². The molecule has 1 aliphatic heterocycles. The first-order valence-electron chi connectivity index (χ1n) is 10.2. The molecule has 4 rings (SSSR count). The van der Waals surface area contributed by atoms with Gasteiger partial charge in [0.2, 0.25) is 0 Å². The van der Waals surface area contributed by atoms with Crippen molar-refractivity contribution in [3.8, 4) is 0 Å². The molecule has 1 aromatic carbocycles. The van der Waals surface area contributed by atoms with Crippen molar-refractivity contribution in [2.24, 2.45) is 7.05 Å². The lowest BCUT2D eigenvalue weighted by molar-refractivity contribution is 0.0697. The molecule has 9 heteroatoms. The first-order valence-corrected chi connectivity index (χ1v) is 10.2. The van der Waals surface area contributed by atoms with Crippen molar-refractivity contribution in [3.05, 3.63) is 76.0 Å². The van der Waals surface area contributed by atoms with Crippen LogP contribution in [0.15, 0.2) is 53.5 Å². The molecule has 0 saturated carbocycles. The number of benzene rings is 1. The molecule has 0 radical (unpaired) electrons. The monoisotopic (exact) mass is 420 g/mol. The van der Waals surface area contributed by atoms with E-state index in [1.807, 2.05) is 30.3 Å². The maximum atomic E-state index is 13.1. The van der Waals surface area contributed by atoms with Gasteiger partial charge < -0.3 is 9.80 Å². The third-order valence-corrected chi connectivity index (χ3v) is 5.64. The van der Waals surface area contributed by atoms with Crippen molar-refractivity contribution in [3.63, 3.8) is 0 Å². The topological polar surface area (TPSA) is 104 Å². The summed E-state index contributed by atoms with van der Waals surface area (Å²) in [6.45, 7) is 1.04. The molecule has 9 nitrogen and oxygen atoms in total. The van der Waals surface area contributed by atoms with Crippen LogP contribution in [0, 0.1) is 0 Å². The number of rotatable bonds is 4. The summed E-state index contributed by atoms with van der Waals surface area (Å²) in [4.78, 5) is 40.9. The molecule has 1 saturated heterocycles. The van der Waals surface area contributed by atoms with Gasteiger partial charge in [-0.05, 0) is 31.0 Å². The molecule has 1 fully saturated rings. The summed E-state index contributed by atoms with van der Waals surface area (Å²) < 4.78 is 1.15. The largest absolute Gasteiger partial charge is 0.337 e. The number of aromatic amines is 1. The highest BCUT2D eigenvalue weighted by atomic mass is 16.2. The van der Waals surface area contributed by atoms with E-state index in [0.717, 1.165) is 28.9 Å². The van der Waals surface area contributed by atoms with Crippen LogP contribution in [0.2, 0.25) is 0 Å². The fourth-order valence-corrected chi connectivity index (χ4v) is 3.90. The summed E-state index contributed by atoms with van der Waals surface area (Å²) in [5, 5.41) is 11.2. The molecule has 1 atom stereocenters. The van der Waals surface area contributed by atoms with E-state index in [2.05, 4.69) is 15.3 Å². The fraction of sp³-hybridized carbons (Fsp3) is 0.318. The number of H-pyrrole nitrogens is 1. The normalized spacial score (nSPS) is 16.2. The quantitative estimate of drug-likeness (QED) is 0.693. The van der Waals surface area contributed by atoms with Gasteiger partial charge in [0, 0.05) is 44.9 Å². The van der Waals surface area contributed by atoms with Crippen LogP contribution in [0.5, 0.6) is 0 Å². The fourth-order valence-electron chi connectivity index (χ4n) is 3.90. The summed E-state index contributed by atoms with van der Waals surface area (Å²) in [5.74, 6) is -0.428. The molecular formula is C22H24N6O3. The molecular weight excluding hydrogens is 396 g/mol. The summed E-state index contributed by atoms with van der Waals surface area (Å²) >= 11 is 0. The average molecular weight is 420 g/mol. The molecule has 31 heavy (non-hydrogen) atoms. The van der Waals surface area contributed by atoms with Crippen LogP contribution in [0.25, 0.3) is 0 Å². The van der Waals surface area contributed by atoms with Gasteiger partial charge in [0.15, 0.2) is 0 Å². The number of anilines is 1. The molecule has 0 aliphatic carbocycles. The average Bonchev–Trinajstić information content (AvgIpc) is 3.30. The number of nitrogens with one attached hydrogen (secondary N) is 1. The Morgan fingerprint density at radius 1 is 1.16 bits per heavy atom. The predicted molar refractivity (Wildman–Crippen MR) is 115 cm³/mol. The number of likely N-dealkylation sites (tertiary alicyclic amines) is 1. The van der Waals surface area contributed by atoms with Crippen LogP contribution in [0.4, 0.5) is 5.69 Å². The smallest absolute Gasteiger partial charge is 0.274 e. The number of aryl methyl sites for hydroxylation is 1. The second kappa shape index (κ2) is 8.55. The highest BCUT2D eigenvalue weighted by Crippen LogP contribution is 2.29. The van der Waals surface area contributed by atoms with E-state index in [-0.39, 0.29) is 29.0 Å². The molecule has 0 bridgehead atoms. The number of nitrogens with zero attached hydrogens (tertiary/aromatic N) is 5. The van der Waals surface area contributed by atoms with E-state index in [1.165, 1.54) is 19.2 Å². The zero-order valence-electron chi connectivity index (χ0n) is 17.5. The van der Waals surface area contributed by atoms with Crippen molar-refractivity contribution in [1.29, 1.82) is 0 Å². The van der Waals surface area contributed by atoms with Crippen molar-refractivity contribution in [1.82, 2.24) is 24.9 Å². The Morgan fingerprint density at radius 3 is 2.68 bits per heavy atom. The minimum Gasteiger partial charge on any atom is -0.337 e. The Balaban J connectivity index is 1.54. The van der Waals surface area contributed by atoms with E-state index in [9.17, 15) is 14.4 Å². The van der Waals surface area contributed by atoms with Gasteiger partial charge in [0.05, 0.1) is 17.5 Å². The van der Waals surface area contributed by atoms with Gasteiger partial charge in [-0.2, -0.15) is 10.2 Å². The van der Waals surface area contributed by atoms with Crippen LogP contribution in [-0.4, -0.2) is 56.8 Å². The van der Waals surface area contributed by atoms with Crippen molar-refractivity contribution in [2.45, 2.75) is 18.8 Å². The number of amides is 2. The summed E-state index contributed by atoms with van der Waals surface area (Å²) in [6.07, 6.45) is 3.18. The van der Waals surface area contributed by atoms with Crippen LogP contribution in [0.3, 0.4) is 0 Å². The van der Waals surface area contributed by atoms with Gasteiger partial charge in [-0.1, -0.05) is 18.2 Å². The molecule has 2 aromatic heterocycles. The van der Waals surface area contributed by atoms with Gasteiger partial charge in [-0.15, -0.1) is 0 Å². The Kier molecular flexibility index (Phi) is 5.66. The molecule has 0 spiro atoms. The second-order valence-electron chi connectivity index (χ2n) is 7.67. The lowest BCUT2D eigenvalue weighted by Gasteiger charge is -2.32. The highest BCUT2D eigenvalue weighted by Gasteiger charge is 2.31. The third kappa shape index (κ3) is 4.11. The Hall–Kier alpha value is -3.75. The predicted octanol–water partition coefficient (Wildman–Crippen LogP) is 1.80. The van der Waals surface area contributed by atoms with Crippen LogP contribution in [-0.2, 0) is 7.05 Å². The van der Waals surface area contributed by atoms with E-state index in [4.69, 9.17) is 0 Å². The molecule has 2 amide bonds. The maximum absolute atomic E-state index is 13.1. The van der Waals surface area contributed by atoms with E-state index >= 15 is 0 Å². The van der Waals surface area contributed by atoms with Crippen molar-refractivity contribution >= 4 is 17.5 Å². The van der Waals surface area contributed by atoms with Gasteiger partial charge in [-0.3, -0.25) is 19.5 Å². The van der Waals surface area contributed by atoms with Crippen LogP contribution < -0.4 is 10.5 Å². The lowest BCUT2D eigenvalue weighted by Crippen LogP contribution is -2.40. The second-order valence-corrected chi connectivity index (χ2v) is 7.67. The maximum Gasteiger partial charge on any atom is 0.274 e. The lowest BCUT2D eigenvalue weighted by atomic mass is 9.92. The Morgan fingerprint density at radius 2 is 1.94 bits per heavy atom. The van der Waals surface area contributed by atoms with Crippen LogP contribution in [0.1, 0.15) is 45.3 Å². The molecule has 160 valence electrons. The number of carbonyl (C=O) groups excluding carboxylic acids is 2. The molecule has 0 unspecified atom stereocenters. The van der Waals surface area contributed by atoms with Crippen molar-refractivity contribution in [2.75, 3.05) is 25.0 Å². The Labute approximate surface area is 179 Å². The molecule has 1 aliphatic rings. The minimum absolute atomic E-state index is 0.0455. The SMILES string of the molecule is CN(C(=O)c1cn[nH]c1[C@H]1CCCN(C(=O)c2ccc(=O)n(C)n2)C1)c1ccccc1. The number of para-hydroxylation sites is 1. The minimum atomic E-state index is -0.267. The van der Waals surface area contributed by atoms with Crippen LogP contribution >= 0.6 is 0 Å². The zero-order chi connectivity index (χ0) is 22.0. The zero-order valence-corrected chi connectivity index (χ0v) is 17.5. The summed E-state index contributed by atoms with van der Waals surface area (Å²) in [6, 6.07) is 12.2.